The Bertz CT molecular complexity index is 827. The Morgan fingerprint density at radius 2 is 1.52 bits per heavy atom. The van der Waals surface area contributed by atoms with Gasteiger partial charge in [-0.2, -0.15) is 0 Å². The van der Waals surface area contributed by atoms with Gasteiger partial charge in [0.05, 0.1) is 0 Å². The Morgan fingerprint density at radius 1 is 0.870 bits per heavy atom. The van der Waals surface area contributed by atoms with Crippen molar-refractivity contribution in [2.24, 2.45) is 0 Å². The third-order valence-corrected chi connectivity index (χ3v) is 9.98. The molecule has 0 fully saturated rings. The first-order chi connectivity index (χ1) is 11.2. The fourth-order valence-electron chi connectivity index (χ4n) is 3.79. The maximum Gasteiger partial charge on any atom is 0.141 e. The minimum absolute atomic E-state index is 1.11. The third-order valence-electron chi connectivity index (χ3n) is 5.05. The van der Waals surface area contributed by atoms with Crippen LogP contribution in [0.3, 0.4) is 0 Å². The zero-order chi connectivity index (χ0) is 16.3. The summed E-state index contributed by atoms with van der Waals surface area (Å²) in [7, 11) is -1.93. The van der Waals surface area contributed by atoms with Crippen LogP contribution in [0.15, 0.2) is 84.1 Å². The molecule has 0 aliphatic carbocycles. The lowest BCUT2D eigenvalue weighted by Crippen LogP contribution is -2.57. The molecule has 0 aliphatic heterocycles. The molecule has 1 atom stereocenters. The molecule has 0 saturated carbocycles. The van der Waals surface area contributed by atoms with E-state index in [4.69, 9.17) is 0 Å². The van der Waals surface area contributed by atoms with E-state index in [1.807, 2.05) is 0 Å². The van der Waals surface area contributed by atoms with Gasteiger partial charge < -0.3 is 0 Å². The summed E-state index contributed by atoms with van der Waals surface area (Å²) in [6.07, 6.45) is 3.46. The summed E-state index contributed by atoms with van der Waals surface area (Å²) in [6, 6.07) is 26.7. The molecule has 0 aromatic heterocycles. The van der Waals surface area contributed by atoms with Crippen LogP contribution in [0.4, 0.5) is 0 Å². The van der Waals surface area contributed by atoms with Crippen molar-refractivity contribution in [3.05, 3.63) is 84.1 Å². The summed E-state index contributed by atoms with van der Waals surface area (Å²) < 4.78 is 0. The molecule has 0 nitrogen and oxygen atoms in total. The van der Waals surface area contributed by atoms with Crippen LogP contribution >= 0.6 is 0 Å². The van der Waals surface area contributed by atoms with E-state index in [2.05, 4.69) is 99.3 Å². The van der Waals surface area contributed by atoms with Crippen LogP contribution < -0.4 is 10.4 Å². The van der Waals surface area contributed by atoms with Gasteiger partial charge in [0.1, 0.15) is 8.07 Å². The Kier molecular flexibility index (Phi) is 4.49. The second-order valence-corrected chi connectivity index (χ2v) is 10.2. The summed E-state index contributed by atoms with van der Waals surface area (Å²) in [5.74, 6) is 0. The molecule has 0 radical (unpaired) electrons. The largest absolute Gasteiger partial charge is 0.141 e. The molecule has 0 amide bonds. The van der Waals surface area contributed by atoms with Crippen molar-refractivity contribution in [1.82, 2.24) is 0 Å². The fraction of sp³-hybridized carbons (Fsp3) is 0.182. The Balaban J connectivity index is 2.36. The monoisotopic (exact) mass is 316 g/mol. The van der Waals surface area contributed by atoms with Crippen molar-refractivity contribution >= 4 is 29.2 Å². The molecule has 116 valence electrons. The molecule has 3 aromatic carbocycles. The van der Waals surface area contributed by atoms with Crippen LogP contribution in [-0.2, 0) is 0 Å². The van der Waals surface area contributed by atoms with Crippen molar-refractivity contribution in [1.29, 1.82) is 0 Å². The van der Waals surface area contributed by atoms with Gasteiger partial charge in [0.2, 0.25) is 0 Å². The maximum atomic E-state index is 2.50. The lowest BCUT2D eigenvalue weighted by molar-refractivity contribution is 1.17. The first-order valence-corrected chi connectivity index (χ1v) is 10.9. The zero-order valence-corrected chi connectivity index (χ0v) is 15.2. The smallest absolute Gasteiger partial charge is 0.0916 e. The lowest BCUT2D eigenvalue weighted by Gasteiger charge is -2.32. The van der Waals surface area contributed by atoms with Crippen molar-refractivity contribution in [2.45, 2.75) is 26.8 Å². The minimum Gasteiger partial charge on any atom is -0.0916 e. The number of allylic oxidation sites excluding steroid dienone is 2. The molecule has 0 heterocycles. The van der Waals surface area contributed by atoms with Gasteiger partial charge in [-0.05, 0) is 34.5 Å². The lowest BCUT2D eigenvalue weighted by atomic mass is 10.1. The Morgan fingerprint density at radius 3 is 2.22 bits per heavy atom. The molecule has 3 aromatic rings. The highest BCUT2D eigenvalue weighted by atomic mass is 28.3. The average molecular weight is 317 g/mol. The van der Waals surface area contributed by atoms with E-state index < -0.39 is 8.07 Å². The number of rotatable bonds is 4. The van der Waals surface area contributed by atoms with E-state index in [0.717, 1.165) is 6.42 Å². The summed E-state index contributed by atoms with van der Waals surface area (Å²) in [5.41, 5.74) is 0. The SMILES string of the molecule is C/C=C(/CC)[Si](C)(c1ccccc1)c1cccc2ccccc12. The average Bonchev–Trinajstić information content (AvgIpc) is 2.62. The van der Waals surface area contributed by atoms with Gasteiger partial charge in [0, 0.05) is 0 Å². The second kappa shape index (κ2) is 6.55. The molecular weight excluding hydrogens is 292 g/mol. The van der Waals surface area contributed by atoms with Crippen LogP contribution in [-0.4, -0.2) is 8.07 Å². The van der Waals surface area contributed by atoms with Gasteiger partial charge in [-0.1, -0.05) is 97.5 Å². The molecule has 0 spiro atoms. The highest BCUT2D eigenvalue weighted by molar-refractivity contribution is 7.07. The van der Waals surface area contributed by atoms with Crippen LogP contribution in [0.5, 0.6) is 0 Å². The minimum atomic E-state index is -1.93. The van der Waals surface area contributed by atoms with E-state index in [-0.39, 0.29) is 0 Å². The highest BCUT2D eigenvalue weighted by Gasteiger charge is 2.35. The van der Waals surface area contributed by atoms with Crippen molar-refractivity contribution in [3.63, 3.8) is 0 Å². The Hall–Kier alpha value is -2.12. The van der Waals surface area contributed by atoms with Gasteiger partial charge in [0.15, 0.2) is 0 Å². The number of benzene rings is 3. The fourth-order valence-corrected chi connectivity index (χ4v) is 8.16. The molecule has 0 N–H and O–H groups in total. The molecule has 3 rings (SSSR count). The molecule has 23 heavy (non-hydrogen) atoms. The zero-order valence-electron chi connectivity index (χ0n) is 14.2. The van der Waals surface area contributed by atoms with Crippen LogP contribution in [0.2, 0.25) is 6.55 Å². The van der Waals surface area contributed by atoms with Gasteiger partial charge in [-0.3, -0.25) is 0 Å². The van der Waals surface area contributed by atoms with E-state index in [9.17, 15) is 0 Å². The van der Waals surface area contributed by atoms with E-state index in [1.54, 1.807) is 5.20 Å². The predicted molar refractivity (Wildman–Crippen MR) is 105 cm³/mol. The van der Waals surface area contributed by atoms with Gasteiger partial charge >= 0.3 is 0 Å². The number of fused-ring (bicyclic) bond motifs is 1. The standard InChI is InChI=1S/C22H24Si/c1-4-19(5-2)23(3,20-14-7-6-8-15-20)22-17-11-13-18-12-9-10-16-21(18)22/h4,6-17H,5H2,1-3H3/b19-4-. The predicted octanol–water partition coefficient (Wildman–Crippen LogP) is 4.93. The maximum absolute atomic E-state index is 2.50. The van der Waals surface area contributed by atoms with Gasteiger partial charge in [-0.25, -0.2) is 0 Å². The van der Waals surface area contributed by atoms with Crippen molar-refractivity contribution in [3.8, 4) is 0 Å². The second-order valence-electron chi connectivity index (χ2n) is 6.19. The van der Waals surface area contributed by atoms with Crippen molar-refractivity contribution in [2.75, 3.05) is 0 Å². The topological polar surface area (TPSA) is 0 Å². The third kappa shape index (κ3) is 2.66. The quantitative estimate of drug-likeness (QED) is 0.599. The van der Waals surface area contributed by atoms with Crippen LogP contribution in [0, 0.1) is 0 Å². The van der Waals surface area contributed by atoms with E-state index in [1.165, 1.54) is 21.1 Å². The number of hydrogen-bond donors (Lipinski definition) is 0. The summed E-state index contributed by atoms with van der Waals surface area (Å²) in [4.78, 5) is 0. The van der Waals surface area contributed by atoms with Crippen LogP contribution in [0.25, 0.3) is 10.8 Å². The van der Waals surface area contributed by atoms with E-state index in [0.29, 0.717) is 0 Å². The first-order valence-electron chi connectivity index (χ1n) is 8.41. The van der Waals surface area contributed by atoms with E-state index >= 15 is 0 Å². The summed E-state index contributed by atoms with van der Waals surface area (Å²) in [6.45, 7) is 6.98. The van der Waals surface area contributed by atoms with Crippen LogP contribution in [0.1, 0.15) is 20.3 Å². The van der Waals surface area contributed by atoms with Crippen molar-refractivity contribution < 1.29 is 0 Å². The normalized spacial score (nSPS) is 14.7. The van der Waals surface area contributed by atoms with Gasteiger partial charge in [-0.15, -0.1) is 0 Å². The highest BCUT2D eigenvalue weighted by Crippen LogP contribution is 2.23. The molecule has 0 saturated heterocycles. The molecular formula is C22H24Si. The molecule has 0 aliphatic rings. The molecule has 0 bridgehead atoms. The molecule has 1 heteroatoms. The number of hydrogen-bond acceptors (Lipinski definition) is 0. The first kappa shape index (κ1) is 15.8. The summed E-state index contributed by atoms with van der Waals surface area (Å²) >= 11 is 0. The van der Waals surface area contributed by atoms with Gasteiger partial charge in [0.25, 0.3) is 0 Å². The molecule has 1 unspecified atom stereocenters. The summed E-state index contributed by atoms with van der Waals surface area (Å²) in [5, 5.41) is 7.36. The Labute approximate surface area is 140 Å².